The first kappa shape index (κ1) is 17.2. The lowest BCUT2D eigenvalue weighted by Gasteiger charge is -2.11. The van der Waals surface area contributed by atoms with Gasteiger partial charge in [-0.2, -0.15) is 18.4 Å². The van der Waals surface area contributed by atoms with Crippen molar-refractivity contribution in [1.29, 1.82) is 0 Å². The number of hydrogen-bond acceptors (Lipinski definition) is 3. The average molecular weight is 330 g/mol. The Labute approximate surface area is 138 Å². The largest absolute Gasteiger partial charge is 0.276 e. The predicted octanol–water partition coefficient (Wildman–Crippen LogP) is 3.72. The first-order chi connectivity index (χ1) is 10.9. The molecule has 0 heterocycles. The molecular formula is C18H22N2O2S. The molecule has 0 fully saturated rings. The average Bonchev–Trinajstić information content (AvgIpc) is 2.52. The first-order valence-electron chi connectivity index (χ1n) is 7.59. The van der Waals surface area contributed by atoms with Crippen molar-refractivity contribution in [3.05, 3.63) is 65.7 Å². The van der Waals surface area contributed by atoms with Crippen molar-refractivity contribution in [2.75, 3.05) is 0 Å². The molecule has 0 aliphatic heterocycles. The minimum absolute atomic E-state index is 0.212. The molecule has 0 spiro atoms. The maximum Gasteiger partial charge on any atom is 0.276 e. The molecule has 0 saturated carbocycles. The highest BCUT2D eigenvalue weighted by Gasteiger charge is 2.14. The molecule has 0 unspecified atom stereocenters. The van der Waals surface area contributed by atoms with Gasteiger partial charge in [-0.05, 0) is 37.0 Å². The second-order valence-corrected chi connectivity index (χ2v) is 7.59. The molecule has 2 rings (SSSR count). The highest BCUT2D eigenvalue weighted by molar-refractivity contribution is 7.89. The van der Waals surface area contributed by atoms with Gasteiger partial charge in [0.2, 0.25) is 0 Å². The summed E-state index contributed by atoms with van der Waals surface area (Å²) in [5.41, 5.74) is 2.67. The molecule has 2 aromatic carbocycles. The lowest BCUT2D eigenvalue weighted by molar-refractivity contribution is 0.583. The van der Waals surface area contributed by atoms with Gasteiger partial charge >= 0.3 is 0 Å². The lowest BCUT2D eigenvalue weighted by atomic mass is 10.0. The van der Waals surface area contributed by atoms with E-state index in [-0.39, 0.29) is 4.90 Å². The monoisotopic (exact) mass is 330 g/mol. The third-order valence-electron chi connectivity index (χ3n) is 3.34. The van der Waals surface area contributed by atoms with Crippen LogP contribution in [0, 0.1) is 12.8 Å². The molecule has 0 radical (unpaired) electrons. The van der Waals surface area contributed by atoms with Crippen LogP contribution in [0.25, 0.3) is 0 Å². The van der Waals surface area contributed by atoms with E-state index in [0.717, 1.165) is 16.8 Å². The van der Waals surface area contributed by atoms with Crippen LogP contribution in [-0.4, -0.2) is 14.1 Å². The van der Waals surface area contributed by atoms with Gasteiger partial charge in [0.1, 0.15) is 0 Å². The van der Waals surface area contributed by atoms with E-state index in [0.29, 0.717) is 12.3 Å². The van der Waals surface area contributed by atoms with Crippen molar-refractivity contribution >= 4 is 15.7 Å². The summed E-state index contributed by atoms with van der Waals surface area (Å²) in [5, 5.41) is 4.18. The van der Waals surface area contributed by atoms with E-state index in [1.165, 1.54) is 0 Å². The minimum Gasteiger partial charge on any atom is -0.200 e. The van der Waals surface area contributed by atoms with Crippen molar-refractivity contribution in [3.63, 3.8) is 0 Å². The molecule has 0 saturated heterocycles. The van der Waals surface area contributed by atoms with Crippen LogP contribution in [0.5, 0.6) is 0 Å². The van der Waals surface area contributed by atoms with Crippen molar-refractivity contribution in [2.24, 2.45) is 11.0 Å². The summed E-state index contributed by atoms with van der Waals surface area (Å²) >= 11 is 0. The molecule has 0 atom stereocenters. The minimum atomic E-state index is -3.65. The van der Waals surface area contributed by atoms with Gasteiger partial charge in [0.15, 0.2) is 0 Å². The number of nitrogens with one attached hydrogen (secondary N) is 1. The Morgan fingerprint density at radius 2 is 1.65 bits per heavy atom. The molecule has 0 aliphatic carbocycles. The van der Waals surface area contributed by atoms with Crippen LogP contribution in [0.2, 0.25) is 0 Å². The van der Waals surface area contributed by atoms with Gasteiger partial charge in [-0.1, -0.05) is 61.9 Å². The molecule has 4 nitrogen and oxygen atoms in total. The fourth-order valence-electron chi connectivity index (χ4n) is 2.13. The molecule has 1 N–H and O–H groups in total. The molecule has 0 aliphatic rings. The maximum absolute atomic E-state index is 12.3. The van der Waals surface area contributed by atoms with Gasteiger partial charge in [0.05, 0.1) is 10.6 Å². The molecule has 0 aromatic heterocycles. The topological polar surface area (TPSA) is 58.5 Å². The number of nitrogens with zero attached hydrogens (tertiary/aromatic N) is 1. The standard InChI is InChI=1S/C18H22N2O2S/c1-14(2)13-18(16-7-5-4-6-8-16)19-20-23(21,22)17-11-9-15(3)10-12-17/h4-12,14,20H,13H2,1-3H3. The smallest absolute Gasteiger partial charge is 0.200 e. The Balaban J connectivity index is 2.27. The van der Waals surface area contributed by atoms with Crippen LogP contribution >= 0.6 is 0 Å². The third kappa shape index (κ3) is 4.93. The van der Waals surface area contributed by atoms with E-state index >= 15 is 0 Å². The summed E-state index contributed by atoms with van der Waals surface area (Å²) in [6, 6.07) is 16.3. The van der Waals surface area contributed by atoms with E-state index in [1.54, 1.807) is 24.3 Å². The molecule has 2 aromatic rings. The van der Waals surface area contributed by atoms with Crippen LogP contribution < -0.4 is 4.83 Å². The predicted molar refractivity (Wildman–Crippen MR) is 93.9 cm³/mol. The van der Waals surface area contributed by atoms with Crippen molar-refractivity contribution in [1.82, 2.24) is 4.83 Å². The number of aryl methyl sites for hydroxylation is 1. The lowest BCUT2D eigenvalue weighted by Crippen LogP contribution is -2.21. The summed E-state index contributed by atoms with van der Waals surface area (Å²) < 4.78 is 24.7. The first-order valence-corrected chi connectivity index (χ1v) is 9.07. The van der Waals surface area contributed by atoms with Crippen LogP contribution in [0.1, 0.15) is 31.4 Å². The highest BCUT2D eigenvalue weighted by Crippen LogP contribution is 2.13. The van der Waals surface area contributed by atoms with Crippen LogP contribution in [0.3, 0.4) is 0 Å². The molecule has 5 heteroatoms. The summed E-state index contributed by atoms with van der Waals surface area (Å²) in [4.78, 5) is 2.57. The van der Waals surface area contributed by atoms with Gasteiger partial charge in [0, 0.05) is 0 Å². The van der Waals surface area contributed by atoms with Gasteiger partial charge in [-0.25, -0.2) is 0 Å². The number of benzene rings is 2. The van der Waals surface area contributed by atoms with E-state index in [1.807, 2.05) is 37.3 Å². The Morgan fingerprint density at radius 1 is 1.04 bits per heavy atom. The van der Waals surface area contributed by atoms with E-state index in [2.05, 4.69) is 23.8 Å². The fraction of sp³-hybridized carbons (Fsp3) is 0.278. The van der Waals surface area contributed by atoms with Crippen LogP contribution in [0.4, 0.5) is 0 Å². The Morgan fingerprint density at radius 3 is 2.22 bits per heavy atom. The zero-order chi connectivity index (χ0) is 16.9. The number of hydrogen-bond donors (Lipinski definition) is 1. The van der Waals surface area contributed by atoms with Crippen molar-refractivity contribution in [2.45, 2.75) is 32.1 Å². The van der Waals surface area contributed by atoms with Crippen LogP contribution in [0.15, 0.2) is 64.6 Å². The Bertz CT molecular complexity index is 764. The van der Waals surface area contributed by atoms with Gasteiger partial charge in [0.25, 0.3) is 10.0 Å². The molecular weight excluding hydrogens is 308 g/mol. The fourth-order valence-corrected chi connectivity index (χ4v) is 2.96. The zero-order valence-corrected chi connectivity index (χ0v) is 14.5. The van der Waals surface area contributed by atoms with Crippen molar-refractivity contribution in [3.8, 4) is 0 Å². The maximum atomic E-state index is 12.3. The SMILES string of the molecule is Cc1ccc(S(=O)(=O)NN=C(CC(C)C)c2ccccc2)cc1. The van der Waals surface area contributed by atoms with Crippen molar-refractivity contribution < 1.29 is 8.42 Å². The normalized spacial score (nSPS) is 12.4. The molecule has 0 amide bonds. The van der Waals surface area contributed by atoms with E-state index < -0.39 is 10.0 Å². The number of hydrazone groups is 1. The van der Waals surface area contributed by atoms with Gasteiger partial charge < -0.3 is 0 Å². The quantitative estimate of drug-likeness (QED) is 0.648. The Hall–Kier alpha value is -2.14. The third-order valence-corrected chi connectivity index (χ3v) is 4.57. The number of rotatable bonds is 6. The van der Waals surface area contributed by atoms with Crippen LogP contribution in [-0.2, 0) is 10.0 Å². The molecule has 0 bridgehead atoms. The van der Waals surface area contributed by atoms with E-state index in [4.69, 9.17) is 0 Å². The van der Waals surface area contributed by atoms with Gasteiger partial charge in [-0.3, -0.25) is 0 Å². The summed E-state index contributed by atoms with van der Waals surface area (Å²) in [6.07, 6.45) is 0.695. The summed E-state index contributed by atoms with van der Waals surface area (Å²) in [6.45, 7) is 6.07. The highest BCUT2D eigenvalue weighted by atomic mass is 32.2. The molecule has 122 valence electrons. The molecule has 23 heavy (non-hydrogen) atoms. The second kappa shape index (κ2) is 7.42. The summed E-state index contributed by atoms with van der Waals surface area (Å²) in [7, 11) is -3.65. The Kier molecular flexibility index (Phi) is 5.55. The number of sulfonamides is 1. The summed E-state index contributed by atoms with van der Waals surface area (Å²) in [5.74, 6) is 0.373. The van der Waals surface area contributed by atoms with Gasteiger partial charge in [-0.15, -0.1) is 0 Å². The van der Waals surface area contributed by atoms with E-state index in [9.17, 15) is 8.42 Å². The second-order valence-electron chi connectivity index (χ2n) is 5.93. The zero-order valence-electron chi connectivity index (χ0n) is 13.7.